The minimum absolute atomic E-state index is 0.163. The van der Waals surface area contributed by atoms with Gasteiger partial charge in [-0.05, 0) is 19.3 Å². The molecule has 0 N–H and O–H groups in total. The number of alkyl halides is 1. The molecule has 5 nitrogen and oxygen atoms in total. The van der Waals surface area contributed by atoms with Gasteiger partial charge in [0.2, 0.25) is 0 Å². The standard InChI is InChI=1S/C17H30ClNO4/c1-2-3-4-5-6-7-8-13-22-16(20)15-10-9-12-19(15)17(21)23-14-11-18/h15H,2-14H2,1H3. The summed E-state index contributed by atoms with van der Waals surface area (Å²) in [5.41, 5.74) is 0. The van der Waals surface area contributed by atoms with Gasteiger partial charge in [0.1, 0.15) is 12.6 Å². The molecule has 0 aromatic heterocycles. The number of carbonyl (C=O) groups excluding carboxylic acids is 2. The van der Waals surface area contributed by atoms with Crippen LogP contribution in [0.1, 0.15) is 64.7 Å². The number of ether oxygens (including phenoxy) is 2. The first-order chi connectivity index (χ1) is 11.2. The van der Waals surface area contributed by atoms with E-state index in [2.05, 4.69) is 6.92 Å². The number of amides is 1. The Morgan fingerprint density at radius 2 is 1.74 bits per heavy atom. The van der Waals surface area contributed by atoms with E-state index in [0.717, 1.165) is 19.3 Å². The van der Waals surface area contributed by atoms with Crippen LogP contribution >= 0.6 is 11.6 Å². The molecule has 0 bridgehead atoms. The van der Waals surface area contributed by atoms with Crippen LogP contribution in [0.15, 0.2) is 0 Å². The summed E-state index contributed by atoms with van der Waals surface area (Å²) in [6.45, 7) is 3.35. The molecule has 1 aliphatic heterocycles. The molecule has 1 fully saturated rings. The molecule has 0 aromatic rings. The van der Waals surface area contributed by atoms with E-state index < -0.39 is 12.1 Å². The Labute approximate surface area is 144 Å². The third kappa shape index (κ3) is 7.91. The molecule has 134 valence electrons. The fourth-order valence-corrected chi connectivity index (χ4v) is 2.84. The quantitative estimate of drug-likeness (QED) is 0.320. The molecule has 1 unspecified atom stereocenters. The van der Waals surface area contributed by atoms with Gasteiger partial charge in [0.15, 0.2) is 0 Å². The summed E-state index contributed by atoms with van der Waals surface area (Å²) >= 11 is 5.50. The Morgan fingerprint density at radius 1 is 1.04 bits per heavy atom. The minimum Gasteiger partial charge on any atom is -0.464 e. The van der Waals surface area contributed by atoms with Crippen LogP contribution in [-0.2, 0) is 14.3 Å². The van der Waals surface area contributed by atoms with Crippen LogP contribution in [0.5, 0.6) is 0 Å². The van der Waals surface area contributed by atoms with E-state index in [1.807, 2.05) is 0 Å². The maximum atomic E-state index is 12.1. The molecule has 1 rings (SSSR count). The summed E-state index contributed by atoms with van der Waals surface area (Å²) in [6.07, 6.45) is 9.24. The minimum atomic E-state index is -0.498. The lowest BCUT2D eigenvalue weighted by atomic mass is 10.1. The van der Waals surface area contributed by atoms with E-state index in [4.69, 9.17) is 21.1 Å². The molecular formula is C17H30ClNO4. The number of esters is 1. The van der Waals surface area contributed by atoms with Crippen molar-refractivity contribution in [2.75, 3.05) is 25.6 Å². The number of halogens is 1. The summed E-state index contributed by atoms with van der Waals surface area (Å²) in [6, 6.07) is -0.498. The van der Waals surface area contributed by atoms with Crippen LogP contribution in [0, 0.1) is 0 Å². The highest BCUT2D eigenvalue weighted by atomic mass is 35.5. The highest BCUT2D eigenvalue weighted by Gasteiger charge is 2.36. The molecule has 0 aromatic carbocycles. The molecule has 0 spiro atoms. The SMILES string of the molecule is CCCCCCCCCOC(=O)C1CCCN1C(=O)OCCCl. The van der Waals surface area contributed by atoms with Gasteiger partial charge in [-0.2, -0.15) is 0 Å². The van der Waals surface area contributed by atoms with Crippen molar-refractivity contribution >= 4 is 23.7 Å². The van der Waals surface area contributed by atoms with Crippen molar-refractivity contribution in [3.63, 3.8) is 0 Å². The fraction of sp³-hybridized carbons (Fsp3) is 0.882. The number of rotatable bonds is 11. The number of hydrogen-bond donors (Lipinski definition) is 0. The monoisotopic (exact) mass is 347 g/mol. The van der Waals surface area contributed by atoms with Gasteiger partial charge in [0.25, 0.3) is 0 Å². The molecule has 0 aliphatic carbocycles. The smallest absolute Gasteiger partial charge is 0.410 e. The first-order valence-corrected chi connectivity index (χ1v) is 9.40. The van der Waals surface area contributed by atoms with Crippen molar-refractivity contribution in [1.82, 2.24) is 4.90 Å². The Morgan fingerprint density at radius 3 is 2.43 bits per heavy atom. The number of carbonyl (C=O) groups is 2. The number of likely N-dealkylation sites (tertiary alicyclic amines) is 1. The van der Waals surface area contributed by atoms with E-state index >= 15 is 0 Å². The van der Waals surface area contributed by atoms with Crippen LogP contribution in [-0.4, -0.2) is 48.6 Å². The summed E-state index contributed by atoms with van der Waals surface area (Å²) in [5, 5.41) is 0. The van der Waals surface area contributed by atoms with Gasteiger partial charge >= 0.3 is 12.1 Å². The van der Waals surface area contributed by atoms with E-state index in [0.29, 0.717) is 19.6 Å². The maximum absolute atomic E-state index is 12.1. The zero-order chi connectivity index (χ0) is 16.9. The first kappa shape index (κ1) is 20.1. The van der Waals surface area contributed by atoms with Crippen LogP contribution in [0.3, 0.4) is 0 Å². The highest BCUT2D eigenvalue weighted by Crippen LogP contribution is 2.19. The number of unbranched alkanes of at least 4 members (excludes halogenated alkanes) is 6. The van der Waals surface area contributed by atoms with Crippen molar-refractivity contribution in [2.24, 2.45) is 0 Å². The lowest BCUT2D eigenvalue weighted by Crippen LogP contribution is -2.42. The van der Waals surface area contributed by atoms with E-state index in [-0.39, 0.29) is 18.5 Å². The number of nitrogens with zero attached hydrogens (tertiary/aromatic N) is 1. The van der Waals surface area contributed by atoms with E-state index in [1.165, 1.54) is 37.0 Å². The Balaban J connectivity index is 2.16. The molecule has 1 amide bonds. The van der Waals surface area contributed by atoms with Gasteiger partial charge in [0, 0.05) is 6.54 Å². The average Bonchev–Trinajstić information content (AvgIpc) is 3.04. The van der Waals surface area contributed by atoms with Gasteiger partial charge < -0.3 is 9.47 Å². The van der Waals surface area contributed by atoms with Crippen LogP contribution in [0.25, 0.3) is 0 Å². The highest BCUT2D eigenvalue weighted by molar-refractivity contribution is 6.18. The Hall–Kier alpha value is -0.970. The largest absolute Gasteiger partial charge is 0.464 e. The van der Waals surface area contributed by atoms with Crippen molar-refractivity contribution in [2.45, 2.75) is 70.8 Å². The third-order valence-electron chi connectivity index (χ3n) is 4.05. The summed E-state index contributed by atoms with van der Waals surface area (Å²) in [4.78, 5) is 25.4. The lowest BCUT2D eigenvalue weighted by Gasteiger charge is -2.22. The van der Waals surface area contributed by atoms with Gasteiger partial charge in [-0.3, -0.25) is 4.90 Å². The molecule has 0 saturated carbocycles. The predicted octanol–water partition coefficient (Wildman–Crippen LogP) is 4.12. The second-order valence-electron chi connectivity index (χ2n) is 5.94. The van der Waals surface area contributed by atoms with Crippen LogP contribution in [0.4, 0.5) is 4.79 Å². The first-order valence-electron chi connectivity index (χ1n) is 8.86. The zero-order valence-corrected chi connectivity index (χ0v) is 15.0. The van der Waals surface area contributed by atoms with Crippen molar-refractivity contribution < 1.29 is 19.1 Å². The van der Waals surface area contributed by atoms with Crippen molar-refractivity contribution in [3.8, 4) is 0 Å². The molecule has 1 atom stereocenters. The summed E-state index contributed by atoms with van der Waals surface area (Å²) < 4.78 is 10.3. The second-order valence-corrected chi connectivity index (χ2v) is 6.32. The number of hydrogen-bond acceptors (Lipinski definition) is 4. The van der Waals surface area contributed by atoms with Crippen molar-refractivity contribution in [1.29, 1.82) is 0 Å². The summed E-state index contributed by atoms with van der Waals surface area (Å²) in [5.74, 6) is -0.0521. The Bertz CT molecular complexity index is 351. The zero-order valence-electron chi connectivity index (χ0n) is 14.2. The fourth-order valence-electron chi connectivity index (χ4n) is 2.77. The molecule has 6 heteroatoms. The van der Waals surface area contributed by atoms with Gasteiger partial charge in [-0.15, -0.1) is 11.6 Å². The predicted molar refractivity (Wildman–Crippen MR) is 90.7 cm³/mol. The van der Waals surface area contributed by atoms with E-state index in [9.17, 15) is 9.59 Å². The van der Waals surface area contributed by atoms with Gasteiger partial charge in [0.05, 0.1) is 12.5 Å². The van der Waals surface area contributed by atoms with Gasteiger partial charge in [-0.1, -0.05) is 45.4 Å². The lowest BCUT2D eigenvalue weighted by molar-refractivity contribution is -0.148. The molecule has 0 radical (unpaired) electrons. The maximum Gasteiger partial charge on any atom is 0.410 e. The normalized spacial score (nSPS) is 17.3. The Kier molecular flexibility index (Phi) is 10.9. The van der Waals surface area contributed by atoms with Crippen LogP contribution in [0.2, 0.25) is 0 Å². The van der Waals surface area contributed by atoms with Crippen molar-refractivity contribution in [3.05, 3.63) is 0 Å². The molecule has 1 saturated heterocycles. The third-order valence-corrected chi connectivity index (χ3v) is 4.21. The topological polar surface area (TPSA) is 55.8 Å². The molecule has 23 heavy (non-hydrogen) atoms. The average molecular weight is 348 g/mol. The molecular weight excluding hydrogens is 318 g/mol. The van der Waals surface area contributed by atoms with Gasteiger partial charge in [-0.25, -0.2) is 9.59 Å². The molecule has 1 aliphatic rings. The summed E-state index contributed by atoms with van der Waals surface area (Å²) in [7, 11) is 0. The molecule has 1 heterocycles. The van der Waals surface area contributed by atoms with Crippen LogP contribution < -0.4 is 0 Å². The van der Waals surface area contributed by atoms with E-state index in [1.54, 1.807) is 0 Å². The second kappa shape index (κ2) is 12.5.